The van der Waals surface area contributed by atoms with Gasteiger partial charge >= 0.3 is 0 Å². The Morgan fingerprint density at radius 2 is 2.37 bits per heavy atom. The van der Waals surface area contributed by atoms with Crippen LogP contribution in [0, 0.1) is 0 Å². The molecule has 2 heterocycles. The number of hydrogen-bond donors (Lipinski definition) is 1. The van der Waals surface area contributed by atoms with E-state index in [1.807, 2.05) is 0 Å². The van der Waals surface area contributed by atoms with Crippen LogP contribution >= 0.6 is 0 Å². The van der Waals surface area contributed by atoms with Gasteiger partial charge in [0.05, 0.1) is 19.3 Å². The fourth-order valence-corrected chi connectivity index (χ4v) is 2.97. The van der Waals surface area contributed by atoms with Gasteiger partial charge in [-0.05, 0) is 49.9 Å². The minimum atomic E-state index is 0.381. The molecular formula is C16H23NO2. The second-order valence-electron chi connectivity index (χ2n) is 5.58. The first-order chi connectivity index (χ1) is 9.33. The van der Waals surface area contributed by atoms with E-state index >= 15 is 0 Å². The number of hydrogen-bond acceptors (Lipinski definition) is 3. The number of nitrogens with one attached hydrogen (secondary N) is 1. The molecule has 3 heteroatoms. The van der Waals surface area contributed by atoms with Crippen LogP contribution in [0.5, 0.6) is 5.75 Å². The van der Waals surface area contributed by atoms with E-state index in [0.29, 0.717) is 12.1 Å². The summed E-state index contributed by atoms with van der Waals surface area (Å²) in [5.41, 5.74) is 2.71. The summed E-state index contributed by atoms with van der Waals surface area (Å²) < 4.78 is 11.6. The second-order valence-corrected chi connectivity index (χ2v) is 5.58. The van der Waals surface area contributed by atoms with Gasteiger partial charge in [0.2, 0.25) is 0 Å². The van der Waals surface area contributed by atoms with Crippen LogP contribution in [0.2, 0.25) is 0 Å². The summed E-state index contributed by atoms with van der Waals surface area (Å²) in [5, 5.41) is 3.47. The van der Waals surface area contributed by atoms with E-state index in [1.165, 1.54) is 24.0 Å². The van der Waals surface area contributed by atoms with Crippen molar-refractivity contribution in [1.82, 2.24) is 5.32 Å². The number of rotatable bonds is 4. The lowest BCUT2D eigenvalue weighted by atomic mass is 10.0. The maximum Gasteiger partial charge on any atom is 0.122 e. The molecule has 1 fully saturated rings. The van der Waals surface area contributed by atoms with E-state index in [2.05, 4.69) is 30.4 Å². The number of benzene rings is 1. The third-order valence-corrected chi connectivity index (χ3v) is 4.17. The highest BCUT2D eigenvalue weighted by Crippen LogP contribution is 2.26. The highest BCUT2D eigenvalue weighted by Gasteiger charge is 2.21. The maximum absolute atomic E-state index is 6.02. The second kappa shape index (κ2) is 5.93. The zero-order valence-corrected chi connectivity index (χ0v) is 11.7. The van der Waals surface area contributed by atoms with Gasteiger partial charge in [0.25, 0.3) is 0 Å². The Balaban J connectivity index is 1.49. The molecule has 19 heavy (non-hydrogen) atoms. The number of ether oxygens (including phenoxy) is 2. The molecule has 2 atom stereocenters. The summed E-state index contributed by atoms with van der Waals surface area (Å²) in [5.74, 6) is 1.06. The standard InChI is InChI=1S/C16H23NO2/c1-12-15(3-2-8-17-12)18-9-6-13-4-5-16-14(11-13)7-10-19-16/h4-5,11-12,15,17H,2-3,6-10H2,1H3. The molecule has 0 spiro atoms. The summed E-state index contributed by atoms with van der Waals surface area (Å²) >= 11 is 0. The van der Waals surface area contributed by atoms with Crippen molar-refractivity contribution in [3.8, 4) is 5.75 Å². The minimum Gasteiger partial charge on any atom is -0.493 e. The zero-order chi connectivity index (χ0) is 13.1. The predicted octanol–water partition coefficient (Wildman–Crippen LogP) is 2.32. The zero-order valence-electron chi connectivity index (χ0n) is 11.7. The van der Waals surface area contributed by atoms with Gasteiger partial charge in [-0.3, -0.25) is 0 Å². The minimum absolute atomic E-state index is 0.381. The van der Waals surface area contributed by atoms with Gasteiger partial charge in [-0.25, -0.2) is 0 Å². The molecule has 0 aliphatic carbocycles. The Kier molecular flexibility index (Phi) is 4.04. The molecular weight excluding hydrogens is 238 g/mol. The van der Waals surface area contributed by atoms with E-state index in [1.54, 1.807) is 0 Å². The quantitative estimate of drug-likeness (QED) is 0.902. The molecule has 0 amide bonds. The van der Waals surface area contributed by atoms with E-state index in [4.69, 9.17) is 9.47 Å². The highest BCUT2D eigenvalue weighted by atomic mass is 16.5. The summed E-state index contributed by atoms with van der Waals surface area (Å²) in [7, 11) is 0. The maximum atomic E-state index is 6.02. The van der Waals surface area contributed by atoms with Gasteiger partial charge in [-0.1, -0.05) is 12.1 Å². The van der Waals surface area contributed by atoms with Crippen LogP contribution in [0.4, 0.5) is 0 Å². The molecule has 0 aromatic heterocycles. The largest absolute Gasteiger partial charge is 0.493 e. The molecule has 3 rings (SSSR count). The van der Waals surface area contributed by atoms with E-state index < -0.39 is 0 Å². The number of piperidine rings is 1. The van der Waals surface area contributed by atoms with Crippen molar-refractivity contribution in [2.75, 3.05) is 19.8 Å². The average molecular weight is 261 g/mol. The summed E-state index contributed by atoms with van der Waals surface area (Å²) in [6.45, 7) is 5.00. The summed E-state index contributed by atoms with van der Waals surface area (Å²) in [4.78, 5) is 0. The Morgan fingerprint density at radius 1 is 1.42 bits per heavy atom. The lowest BCUT2D eigenvalue weighted by Crippen LogP contribution is -2.44. The van der Waals surface area contributed by atoms with Gasteiger partial charge in [-0.2, -0.15) is 0 Å². The van der Waals surface area contributed by atoms with Crippen molar-refractivity contribution in [2.45, 2.75) is 44.8 Å². The molecule has 1 N–H and O–H groups in total. The summed E-state index contributed by atoms with van der Waals surface area (Å²) in [6, 6.07) is 7.02. The van der Waals surface area contributed by atoms with Crippen molar-refractivity contribution in [2.24, 2.45) is 0 Å². The molecule has 2 aliphatic rings. The topological polar surface area (TPSA) is 30.5 Å². The molecule has 1 saturated heterocycles. The van der Waals surface area contributed by atoms with Crippen LogP contribution in [0.25, 0.3) is 0 Å². The van der Waals surface area contributed by atoms with Crippen molar-refractivity contribution in [3.05, 3.63) is 29.3 Å². The van der Waals surface area contributed by atoms with Crippen molar-refractivity contribution in [3.63, 3.8) is 0 Å². The number of fused-ring (bicyclic) bond motifs is 1. The Hall–Kier alpha value is -1.06. The third-order valence-electron chi connectivity index (χ3n) is 4.17. The fraction of sp³-hybridized carbons (Fsp3) is 0.625. The molecule has 1 aromatic rings. The van der Waals surface area contributed by atoms with E-state index in [-0.39, 0.29) is 0 Å². The Morgan fingerprint density at radius 3 is 3.26 bits per heavy atom. The van der Waals surface area contributed by atoms with Crippen LogP contribution < -0.4 is 10.1 Å². The van der Waals surface area contributed by atoms with Gasteiger partial charge < -0.3 is 14.8 Å². The predicted molar refractivity (Wildman–Crippen MR) is 75.8 cm³/mol. The molecule has 2 unspecified atom stereocenters. The lowest BCUT2D eigenvalue weighted by molar-refractivity contribution is 0.0144. The van der Waals surface area contributed by atoms with Crippen LogP contribution in [-0.4, -0.2) is 31.9 Å². The van der Waals surface area contributed by atoms with Crippen LogP contribution in [0.15, 0.2) is 18.2 Å². The normalized spacial score (nSPS) is 25.9. The highest BCUT2D eigenvalue weighted by molar-refractivity contribution is 5.39. The monoisotopic (exact) mass is 261 g/mol. The van der Waals surface area contributed by atoms with E-state index in [9.17, 15) is 0 Å². The Labute approximate surface area is 115 Å². The first-order valence-electron chi connectivity index (χ1n) is 7.42. The fourth-order valence-electron chi connectivity index (χ4n) is 2.97. The molecule has 2 aliphatic heterocycles. The van der Waals surface area contributed by atoms with E-state index in [0.717, 1.165) is 38.3 Å². The smallest absolute Gasteiger partial charge is 0.122 e. The van der Waals surface area contributed by atoms with Crippen molar-refractivity contribution >= 4 is 0 Å². The van der Waals surface area contributed by atoms with Crippen molar-refractivity contribution < 1.29 is 9.47 Å². The molecule has 104 valence electrons. The van der Waals surface area contributed by atoms with Crippen LogP contribution in [0.3, 0.4) is 0 Å². The SMILES string of the molecule is CC1NCCCC1OCCc1ccc2c(c1)CCO2. The molecule has 0 radical (unpaired) electrons. The van der Waals surface area contributed by atoms with Crippen LogP contribution in [0.1, 0.15) is 30.9 Å². The van der Waals surface area contributed by atoms with Gasteiger partial charge in [0.1, 0.15) is 5.75 Å². The average Bonchev–Trinajstić information content (AvgIpc) is 2.88. The Bertz CT molecular complexity index is 433. The lowest BCUT2D eigenvalue weighted by Gasteiger charge is -2.29. The van der Waals surface area contributed by atoms with Gasteiger partial charge in [0, 0.05) is 12.5 Å². The first kappa shape index (κ1) is 12.9. The van der Waals surface area contributed by atoms with Crippen LogP contribution in [-0.2, 0) is 17.6 Å². The van der Waals surface area contributed by atoms with Gasteiger partial charge in [0.15, 0.2) is 0 Å². The molecule has 3 nitrogen and oxygen atoms in total. The third kappa shape index (κ3) is 3.10. The molecule has 0 saturated carbocycles. The molecule has 0 bridgehead atoms. The molecule has 1 aromatic carbocycles. The van der Waals surface area contributed by atoms with Gasteiger partial charge in [-0.15, -0.1) is 0 Å². The van der Waals surface area contributed by atoms with Crippen molar-refractivity contribution in [1.29, 1.82) is 0 Å². The summed E-state index contributed by atoms with van der Waals surface area (Å²) in [6.07, 6.45) is 4.84. The first-order valence-corrected chi connectivity index (χ1v) is 7.42.